The summed E-state index contributed by atoms with van der Waals surface area (Å²) in [5.41, 5.74) is 8.03. The van der Waals surface area contributed by atoms with Gasteiger partial charge in [0.2, 0.25) is 0 Å². The van der Waals surface area contributed by atoms with Crippen molar-refractivity contribution in [2.45, 2.75) is 19.9 Å². The van der Waals surface area contributed by atoms with E-state index in [-0.39, 0.29) is 41.5 Å². The molecule has 0 fully saturated rings. The average molecular weight is 405 g/mol. The van der Waals surface area contributed by atoms with Gasteiger partial charge >= 0.3 is 0 Å². The average Bonchev–Trinajstić information content (AvgIpc) is 2.75. The van der Waals surface area contributed by atoms with Crippen LogP contribution in [0.1, 0.15) is 35.3 Å². The number of fused-ring (bicyclic) bond motifs is 1. The highest BCUT2D eigenvalue weighted by Gasteiger charge is 2.24. The van der Waals surface area contributed by atoms with Crippen LogP contribution < -0.4 is 15.8 Å². The summed E-state index contributed by atoms with van der Waals surface area (Å²) in [4.78, 5) is 12.9. The van der Waals surface area contributed by atoms with Crippen molar-refractivity contribution in [2.24, 2.45) is 5.92 Å². The van der Waals surface area contributed by atoms with Crippen LogP contribution in [0, 0.1) is 11.3 Å². The third-order valence-electron chi connectivity index (χ3n) is 5.24. The van der Waals surface area contributed by atoms with E-state index >= 15 is 0 Å². The Balaban J connectivity index is 2.04. The molecule has 0 spiro atoms. The predicted octanol–water partition coefficient (Wildman–Crippen LogP) is 3.59. The first-order valence-electron chi connectivity index (χ1n) is 9.83. The van der Waals surface area contributed by atoms with Gasteiger partial charge in [-0.25, -0.2) is 0 Å². The van der Waals surface area contributed by atoms with Crippen molar-refractivity contribution in [3.05, 3.63) is 71.3 Å². The minimum absolute atomic E-state index is 0.0640. The summed E-state index contributed by atoms with van der Waals surface area (Å²) < 4.78 is 5.54. The molecule has 0 unspecified atom stereocenters. The Bertz CT molecular complexity index is 1090. The fourth-order valence-electron chi connectivity index (χ4n) is 3.41. The van der Waals surface area contributed by atoms with Gasteiger partial charge in [-0.2, -0.15) is 0 Å². The van der Waals surface area contributed by atoms with Crippen LogP contribution >= 0.6 is 0 Å². The van der Waals surface area contributed by atoms with Gasteiger partial charge in [-0.05, 0) is 34.9 Å². The summed E-state index contributed by atoms with van der Waals surface area (Å²) in [6, 6.07) is 16.4. The molecule has 3 aromatic carbocycles. The van der Waals surface area contributed by atoms with Crippen molar-refractivity contribution in [3.8, 4) is 5.75 Å². The van der Waals surface area contributed by atoms with Gasteiger partial charge in [0.25, 0.3) is 5.91 Å². The zero-order chi connectivity index (χ0) is 21.8. The molecule has 6 heteroatoms. The van der Waals surface area contributed by atoms with Crippen molar-refractivity contribution in [1.29, 1.82) is 5.41 Å². The monoisotopic (exact) mass is 405 g/mol. The van der Waals surface area contributed by atoms with Crippen LogP contribution in [0.4, 0.5) is 5.69 Å². The summed E-state index contributed by atoms with van der Waals surface area (Å²) in [5.74, 6) is -0.0765. The Kier molecular flexibility index (Phi) is 6.37. The number of anilines is 1. The summed E-state index contributed by atoms with van der Waals surface area (Å²) in [6.45, 7) is 3.67. The van der Waals surface area contributed by atoms with Gasteiger partial charge < -0.3 is 20.9 Å². The van der Waals surface area contributed by atoms with E-state index in [2.05, 4.69) is 5.32 Å². The van der Waals surface area contributed by atoms with Gasteiger partial charge in [0.05, 0.1) is 36.6 Å². The summed E-state index contributed by atoms with van der Waals surface area (Å²) in [7, 11) is 1.45. The maximum Gasteiger partial charge on any atom is 0.255 e. The minimum atomic E-state index is -0.386. The summed E-state index contributed by atoms with van der Waals surface area (Å²) >= 11 is 0. The van der Waals surface area contributed by atoms with Gasteiger partial charge in [-0.3, -0.25) is 10.2 Å². The number of aliphatic hydroxyl groups excluding tert-OH is 1. The molecule has 0 saturated carbocycles. The number of nitrogens with two attached hydrogens (primary N) is 1. The fourth-order valence-corrected chi connectivity index (χ4v) is 3.41. The number of methoxy groups -OCH3 is 1. The molecule has 0 bridgehead atoms. The molecule has 156 valence electrons. The highest BCUT2D eigenvalue weighted by molar-refractivity contribution is 6.18. The molecule has 0 heterocycles. The number of carbonyl (C=O) groups is 1. The molecule has 0 radical (unpaired) electrons. The maximum absolute atomic E-state index is 12.9. The molecule has 0 saturated heterocycles. The Morgan fingerprint density at radius 3 is 2.47 bits per heavy atom. The van der Waals surface area contributed by atoms with Crippen molar-refractivity contribution in [1.82, 2.24) is 5.32 Å². The SMILES string of the molecule is COc1c(C(=O)N[C@H](CO)C(C)C)ccc(N)c1C(=N)c1ccc2ccccc2c1. The van der Waals surface area contributed by atoms with E-state index in [9.17, 15) is 9.90 Å². The molecular weight excluding hydrogens is 378 g/mol. The van der Waals surface area contributed by atoms with E-state index in [4.69, 9.17) is 15.9 Å². The molecule has 1 amide bonds. The molecule has 0 aliphatic heterocycles. The summed E-state index contributed by atoms with van der Waals surface area (Å²) in [6.07, 6.45) is 0. The molecule has 5 N–H and O–H groups in total. The lowest BCUT2D eigenvalue weighted by Gasteiger charge is -2.22. The van der Waals surface area contributed by atoms with Crippen LogP contribution in [0.25, 0.3) is 10.8 Å². The normalized spacial score (nSPS) is 12.0. The number of nitrogens with one attached hydrogen (secondary N) is 2. The van der Waals surface area contributed by atoms with Crippen molar-refractivity contribution in [3.63, 3.8) is 0 Å². The second-order valence-electron chi connectivity index (χ2n) is 7.55. The number of hydrogen-bond acceptors (Lipinski definition) is 5. The Morgan fingerprint density at radius 2 is 1.83 bits per heavy atom. The fraction of sp³-hybridized carbons (Fsp3) is 0.250. The maximum atomic E-state index is 12.9. The highest BCUT2D eigenvalue weighted by Crippen LogP contribution is 2.32. The number of ether oxygens (including phenoxy) is 1. The summed E-state index contributed by atoms with van der Waals surface area (Å²) in [5, 5.41) is 23.2. The van der Waals surface area contributed by atoms with E-state index in [1.54, 1.807) is 12.1 Å². The predicted molar refractivity (Wildman–Crippen MR) is 120 cm³/mol. The van der Waals surface area contributed by atoms with Gasteiger partial charge in [0.1, 0.15) is 5.75 Å². The first-order chi connectivity index (χ1) is 14.4. The van der Waals surface area contributed by atoms with Gasteiger partial charge in [-0.15, -0.1) is 0 Å². The van der Waals surface area contributed by atoms with Crippen LogP contribution in [0.5, 0.6) is 5.75 Å². The number of rotatable bonds is 7. The third kappa shape index (κ3) is 4.14. The van der Waals surface area contributed by atoms with E-state index in [0.717, 1.165) is 10.8 Å². The zero-order valence-electron chi connectivity index (χ0n) is 17.4. The molecule has 1 atom stereocenters. The molecule has 3 aromatic rings. The second kappa shape index (κ2) is 8.97. The number of benzene rings is 3. The van der Waals surface area contributed by atoms with Crippen LogP contribution in [-0.2, 0) is 0 Å². The van der Waals surface area contributed by atoms with Crippen molar-refractivity contribution in [2.75, 3.05) is 19.5 Å². The van der Waals surface area contributed by atoms with E-state index < -0.39 is 0 Å². The third-order valence-corrected chi connectivity index (χ3v) is 5.24. The van der Waals surface area contributed by atoms with E-state index in [1.165, 1.54) is 7.11 Å². The topological polar surface area (TPSA) is 108 Å². The molecule has 0 aliphatic carbocycles. The smallest absolute Gasteiger partial charge is 0.255 e. The Morgan fingerprint density at radius 1 is 1.13 bits per heavy atom. The molecule has 30 heavy (non-hydrogen) atoms. The first-order valence-corrected chi connectivity index (χ1v) is 9.83. The molecule has 0 aliphatic rings. The largest absolute Gasteiger partial charge is 0.495 e. The number of aliphatic hydroxyl groups is 1. The number of carbonyl (C=O) groups excluding carboxylic acids is 1. The Hall–Kier alpha value is -3.38. The van der Waals surface area contributed by atoms with Crippen molar-refractivity contribution < 1.29 is 14.6 Å². The van der Waals surface area contributed by atoms with Gasteiger partial charge in [0.15, 0.2) is 0 Å². The van der Waals surface area contributed by atoms with Crippen LogP contribution in [-0.4, -0.2) is 36.5 Å². The lowest BCUT2D eigenvalue weighted by Crippen LogP contribution is -2.41. The first kappa shape index (κ1) is 21.3. The second-order valence-corrected chi connectivity index (χ2v) is 7.55. The number of amides is 1. The van der Waals surface area contributed by atoms with Gasteiger partial charge in [-0.1, -0.05) is 50.2 Å². The molecular formula is C24H27N3O3. The van der Waals surface area contributed by atoms with Crippen molar-refractivity contribution >= 4 is 28.1 Å². The van der Waals surface area contributed by atoms with Gasteiger partial charge in [0, 0.05) is 11.3 Å². The minimum Gasteiger partial charge on any atom is -0.495 e. The quantitative estimate of drug-likeness (QED) is 0.356. The lowest BCUT2D eigenvalue weighted by atomic mass is 9.95. The Labute approximate surface area is 176 Å². The molecule has 3 rings (SSSR count). The standard InChI is InChI=1S/C24H27N3O3/c1-14(2)20(13-28)27-24(29)18-10-11-19(25)21(23(18)30-3)22(26)17-9-8-15-6-4-5-7-16(15)12-17/h4-12,14,20,26,28H,13,25H2,1-3H3,(H,27,29)/t20-/m1/s1. The van der Waals surface area contributed by atoms with Crippen LogP contribution in [0.15, 0.2) is 54.6 Å². The number of nitrogen functional groups attached to an aromatic ring is 1. The lowest BCUT2D eigenvalue weighted by molar-refractivity contribution is 0.0894. The highest BCUT2D eigenvalue weighted by atomic mass is 16.5. The number of hydrogen-bond donors (Lipinski definition) is 4. The zero-order valence-corrected chi connectivity index (χ0v) is 17.4. The van der Waals surface area contributed by atoms with Crippen LogP contribution in [0.3, 0.4) is 0 Å². The van der Waals surface area contributed by atoms with E-state index in [0.29, 0.717) is 16.8 Å². The van der Waals surface area contributed by atoms with E-state index in [1.807, 2.05) is 56.3 Å². The molecule has 6 nitrogen and oxygen atoms in total. The van der Waals surface area contributed by atoms with Crippen LogP contribution in [0.2, 0.25) is 0 Å². The molecule has 0 aromatic heterocycles.